The smallest absolute Gasteiger partial charge is 0.243 e. The maximum atomic E-state index is 12.8. The van der Waals surface area contributed by atoms with Gasteiger partial charge in [-0.1, -0.05) is 12.1 Å². The van der Waals surface area contributed by atoms with Gasteiger partial charge in [-0.05, 0) is 36.8 Å². The summed E-state index contributed by atoms with van der Waals surface area (Å²) < 4.78 is 42.2. The summed E-state index contributed by atoms with van der Waals surface area (Å²) >= 11 is 0. The molecule has 2 rings (SSSR count). The lowest BCUT2D eigenvalue weighted by molar-refractivity contribution is -0.121. The van der Waals surface area contributed by atoms with Gasteiger partial charge < -0.3 is 19.5 Å². The molecule has 0 saturated carbocycles. The van der Waals surface area contributed by atoms with Gasteiger partial charge in [0, 0.05) is 19.7 Å². The van der Waals surface area contributed by atoms with E-state index in [4.69, 9.17) is 14.2 Å². The standard InChI is InChI=1S/C20H26N2O6S/c1-5-28-16-8-6-7-15(11-16)13-21-20(23)14-22(2)29(24,25)17-9-10-18(26-3)19(12-17)27-4/h6-12H,5,13-14H2,1-4H3,(H,21,23). The Hall–Kier alpha value is -2.78. The summed E-state index contributed by atoms with van der Waals surface area (Å²) in [4.78, 5) is 12.3. The van der Waals surface area contributed by atoms with Gasteiger partial charge >= 0.3 is 0 Å². The molecule has 0 atom stereocenters. The summed E-state index contributed by atoms with van der Waals surface area (Å²) in [5, 5.41) is 2.72. The van der Waals surface area contributed by atoms with Gasteiger partial charge in [0.25, 0.3) is 0 Å². The van der Waals surface area contributed by atoms with Crippen molar-refractivity contribution in [1.29, 1.82) is 0 Å². The molecule has 0 unspecified atom stereocenters. The number of nitrogens with one attached hydrogen (secondary N) is 1. The molecule has 0 radical (unpaired) electrons. The lowest BCUT2D eigenvalue weighted by Gasteiger charge is -2.18. The van der Waals surface area contributed by atoms with E-state index in [1.807, 2.05) is 31.2 Å². The van der Waals surface area contributed by atoms with Gasteiger partial charge in [-0.3, -0.25) is 4.79 Å². The molecule has 8 nitrogen and oxygen atoms in total. The Morgan fingerprint density at radius 2 is 1.79 bits per heavy atom. The second kappa shape index (κ2) is 10.1. The molecule has 29 heavy (non-hydrogen) atoms. The molecular weight excluding hydrogens is 396 g/mol. The number of carbonyl (C=O) groups is 1. The monoisotopic (exact) mass is 422 g/mol. The van der Waals surface area contributed by atoms with E-state index in [-0.39, 0.29) is 18.0 Å². The molecule has 0 aliphatic carbocycles. The van der Waals surface area contributed by atoms with Crippen LogP contribution in [0.4, 0.5) is 0 Å². The van der Waals surface area contributed by atoms with Gasteiger partial charge in [0.15, 0.2) is 11.5 Å². The van der Waals surface area contributed by atoms with Crippen LogP contribution in [0.2, 0.25) is 0 Å². The molecule has 2 aromatic carbocycles. The Labute approximate surface area is 171 Å². The number of ether oxygens (including phenoxy) is 3. The first kappa shape index (κ1) is 22.5. The van der Waals surface area contributed by atoms with Crippen LogP contribution in [0.1, 0.15) is 12.5 Å². The summed E-state index contributed by atoms with van der Waals surface area (Å²) in [6.45, 7) is 2.39. The van der Waals surface area contributed by atoms with Crippen LogP contribution < -0.4 is 19.5 Å². The number of rotatable bonds is 10. The van der Waals surface area contributed by atoms with Gasteiger partial charge in [0.1, 0.15) is 5.75 Å². The molecule has 0 saturated heterocycles. The molecule has 0 aliphatic heterocycles. The van der Waals surface area contributed by atoms with E-state index < -0.39 is 15.9 Å². The third-order valence-corrected chi connectivity index (χ3v) is 5.93. The number of methoxy groups -OCH3 is 2. The Morgan fingerprint density at radius 3 is 2.45 bits per heavy atom. The van der Waals surface area contributed by atoms with Crippen LogP contribution in [-0.4, -0.2) is 53.0 Å². The summed E-state index contributed by atoms with van der Waals surface area (Å²) in [5.41, 5.74) is 0.856. The van der Waals surface area contributed by atoms with E-state index in [1.54, 1.807) is 0 Å². The SMILES string of the molecule is CCOc1cccc(CNC(=O)CN(C)S(=O)(=O)c2ccc(OC)c(OC)c2)c1. The first-order valence-electron chi connectivity index (χ1n) is 8.98. The molecule has 0 heterocycles. The van der Waals surface area contributed by atoms with Crippen molar-refractivity contribution in [1.82, 2.24) is 9.62 Å². The zero-order valence-electron chi connectivity index (χ0n) is 17.0. The van der Waals surface area contributed by atoms with Crippen molar-refractivity contribution in [3.63, 3.8) is 0 Å². The van der Waals surface area contributed by atoms with Crippen LogP contribution in [-0.2, 0) is 21.4 Å². The number of hydrogen-bond acceptors (Lipinski definition) is 6. The summed E-state index contributed by atoms with van der Waals surface area (Å²) in [5.74, 6) is 1.01. The molecule has 0 bridgehead atoms. The van der Waals surface area contributed by atoms with Crippen molar-refractivity contribution in [3.8, 4) is 17.2 Å². The zero-order valence-corrected chi connectivity index (χ0v) is 17.8. The van der Waals surface area contributed by atoms with Crippen LogP contribution in [0.5, 0.6) is 17.2 Å². The maximum Gasteiger partial charge on any atom is 0.243 e. The highest BCUT2D eigenvalue weighted by Crippen LogP contribution is 2.30. The fraction of sp³-hybridized carbons (Fsp3) is 0.350. The van der Waals surface area contributed by atoms with Crippen molar-refractivity contribution in [2.24, 2.45) is 0 Å². The summed E-state index contributed by atoms with van der Waals surface area (Å²) in [6, 6.07) is 11.6. The van der Waals surface area contributed by atoms with Crippen LogP contribution in [0.3, 0.4) is 0 Å². The van der Waals surface area contributed by atoms with Crippen LogP contribution in [0, 0.1) is 0 Å². The number of likely N-dealkylation sites (N-methyl/N-ethyl adjacent to an activating group) is 1. The van der Waals surface area contributed by atoms with Crippen LogP contribution in [0.15, 0.2) is 47.4 Å². The quantitative estimate of drug-likeness (QED) is 0.630. The molecule has 158 valence electrons. The normalized spacial score (nSPS) is 11.2. The predicted molar refractivity (Wildman–Crippen MR) is 109 cm³/mol. The van der Waals surface area contributed by atoms with Crippen molar-refractivity contribution in [2.75, 3.05) is 34.4 Å². The number of amides is 1. The van der Waals surface area contributed by atoms with E-state index in [0.29, 0.717) is 23.9 Å². The van der Waals surface area contributed by atoms with E-state index in [0.717, 1.165) is 9.87 Å². The second-order valence-corrected chi connectivity index (χ2v) is 8.18. The Morgan fingerprint density at radius 1 is 1.07 bits per heavy atom. The molecule has 0 aliphatic rings. The summed E-state index contributed by atoms with van der Waals surface area (Å²) in [6.07, 6.45) is 0. The van der Waals surface area contributed by atoms with Crippen molar-refractivity contribution < 1.29 is 27.4 Å². The van der Waals surface area contributed by atoms with E-state index >= 15 is 0 Å². The molecule has 1 N–H and O–H groups in total. The Kier molecular flexibility index (Phi) is 7.86. The van der Waals surface area contributed by atoms with Crippen molar-refractivity contribution in [3.05, 3.63) is 48.0 Å². The molecule has 9 heteroatoms. The minimum atomic E-state index is -3.87. The lowest BCUT2D eigenvalue weighted by atomic mass is 10.2. The highest BCUT2D eigenvalue weighted by atomic mass is 32.2. The molecule has 0 fully saturated rings. The Balaban J connectivity index is 2.02. The third-order valence-electron chi connectivity index (χ3n) is 4.13. The number of sulfonamides is 1. The minimum Gasteiger partial charge on any atom is -0.494 e. The highest BCUT2D eigenvalue weighted by molar-refractivity contribution is 7.89. The van der Waals surface area contributed by atoms with E-state index in [2.05, 4.69) is 5.32 Å². The fourth-order valence-corrected chi connectivity index (χ4v) is 3.76. The van der Waals surface area contributed by atoms with Crippen molar-refractivity contribution >= 4 is 15.9 Å². The average Bonchev–Trinajstić information content (AvgIpc) is 2.72. The third kappa shape index (κ3) is 5.85. The summed E-state index contributed by atoms with van der Waals surface area (Å²) in [7, 11) is 0.364. The van der Waals surface area contributed by atoms with Gasteiger partial charge in [0.05, 0.1) is 32.3 Å². The number of nitrogens with zero attached hydrogens (tertiary/aromatic N) is 1. The van der Waals surface area contributed by atoms with Crippen LogP contribution in [0.25, 0.3) is 0 Å². The number of hydrogen-bond donors (Lipinski definition) is 1. The largest absolute Gasteiger partial charge is 0.494 e. The average molecular weight is 423 g/mol. The first-order chi connectivity index (χ1) is 13.8. The molecule has 0 aromatic heterocycles. The highest BCUT2D eigenvalue weighted by Gasteiger charge is 2.24. The molecule has 2 aromatic rings. The number of carbonyl (C=O) groups excluding carboxylic acids is 1. The van der Waals surface area contributed by atoms with Gasteiger partial charge in [-0.25, -0.2) is 8.42 Å². The molecular formula is C20H26N2O6S. The van der Waals surface area contributed by atoms with E-state index in [9.17, 15) is 13.2 Å². The number of benzene rings is 2. The molecule has 0 spiro atoms. The second-order valence-electron chi connectivity index (χ2n) is 6.14. The van der Waals surface area contributed by atoms with Crippen LogP contribution >= 0.6 is 0 Å². The molecule has 1 amide bonds. The van der Waals surface area contributed by atoms with Gasteiger partial charge in [-0.2, -0.15) is 4.31 Å². The zero-order chi connectivity index (χ0) is 21.4. The minimum absolute atomic E-state index is 0.00913. The van der Waals surface area contributed by atoms with E-state index in [1.165, 1.54) is 39.5 Å². The van der Waals surface area contributed by atoms with Gasteiger partial charge in [0.2, 0.25) is 15.9 Å². The maximum absolute atomic E-state index is 12.8. The topological polar surface area (TPSA) is 94.2 Å². The van der Waals surface area contributed by atoms with Crippen molar-refractivity contribution in [2.45, 2.75) is 18.4 Å². The van der Waals surface area contributed by atoms with Gasteiger partial charge in [-0.15, -0.1) is 0 Å². The fourth-order valence-electron chi connectivity index (χ4n) is 2.61. The predicted octanol–water partition coefficient (Wildman–Crippen LogP) is 2.04. The lowest BCUT2D eigenvalue weighted by Crippen LogP contribution is -2.38. The first-order valence-corrected chi connectivity index (χ1v) is 10.4. The Bertz CT molecular complexity index is 946.